The maximum absolute atomic E-state index is 11.7. The second-order valence-corrected chi connectivity index (χ2v) is 5.71. The van der Waals surface area contributed by atoms with Gasteiger partial charge in [0.1, 0.15) is 12.3 Å². The van der Waals surface area contributed by atoms with Crippen LogP contribution in [0.1, 0.15) is 11.3 Å². The van der Waals surface area contributed by atoms with Gasteiger partial charge in [-0.15, -0.1) is 0 Å². The molecule has 0 bridgehead atoms. The second kappa shape index (κ2) is 6.86. The average molecular weight is 347 g/mol. The normalized spacial score (nSPS) is 11.2. The van der Waals surface area contributed by atoms with Gasteiger partial charge in [-0.1, -0.05) is 35.3 Å². The van der Waals surface area contributed by atoms with E-state index in [4.69, 9.17) is 27.9 Å². The number of halogens is 2. The Bertz CT molecular complexity index is 887. The SMILES string of the molecule is O=C(/C=C/c1cccc(Cl)c1)OCc1cn2cc(Cl)ccc2n1. The first-order chi connectivity index (χ1) is 11.1. The molecule has 0 N–H and O–H groups in total. The van der Waals surface area contributed by atoms with Crippen molar-refractivity contribution in [2.75, 3.05) is 0 Å². The van der Waals surface area contributed by atoms with Crippen molar-refractivity contribution in [2.45, 2.75) is 6.61 Å². The fourth-order valence-electron chi connectivity index (χ4n) is 2.05. The van der Waals surface area contributed by atoms with Crippen LogP contribution in [0.4, 0.5) is 0 Å². The summed E-state index contributed by atoms with van der Waals surface area (Å²) in [5.41, 5.74) is 2.23. The van der Waals surface area contributed by atoms with E-state index >= 15 is 0 Å². The molecular weight excluding hydrogens is 335 g/mol. The van der Waals surface area contributed by atoms with Crippen molar-refractivity contribution in [2.24, 2.45) is 0 Å². The number of ether oxygens (including phenoxy) is 1. The third-order valence-electron chi connectivity index (χ3n) is 3.09. The van der Waals surface area contributed by atoms with Crippen LogP contribution in [0.25, 0.3) is 11.7 Å². The van der Waals surface area contributed by atoms with Crippen molar-refractivity contribution in [3.8, 4) is 0 Å². The van der Waals surface area contributed by atoms with Crippen LogP contribution in [-0.2, 0) is 16.1 Å². The Morgan fingerprint density at radius 2 is 2.04 bits per heavy atom. The molecule has 0 aliphatic carbocycles. The molecule has 0 saturated heterocycles. The smallest absolute Gasteiger partial charge is 0.331 e. The monoisotopic (exact) mass is 346 g/mol. The van der Waals surface area contributed by atoms with Gasteiger partial charge in [-0.2, -0.15) is 0 Å². The van der Waals surface area contributed by atoms with Crippen LogP contribution in [0, 0.1) is 0 Å². The van der Waals surface area contributed by atoms with Crippen molar-refractivity contribution in [3.63, 3.8) is 0 Å². The highest BCUT2D eigenvalue weighted by Gasteiger charge is 2.04. The van der Waals surface area contributed by atoms with Gasteiger partial charge in [-0.3, -0.25) is 0 Å². The van der Waals surface area contributed by atoms with Crippen LogP contribution in [0.15, 0.2) is 54.9 Å². The van der Waals surface area contributed by atoms with Gasteiger partial charge in [0.25, 0.3) is 0 Å². The van der Waals surface area contributed by atoms with E-state index in [-0.39, 0.29) is 6.61 Å². The van der Waals surface area contributed by atoms with E-state index in [1.165, 1.54) is 6.08 Å². The molecular formula is C17H12Cl2N2O2. The number of benzene rings is 1. The minimum atomic E-state index is -0.444. The molecule has 0 radical (unpaired) electrons. The first-order valence-corrected chi connectivity index (χ1v) is 7.59. The molecule has 0 aliphatic rings. The van der Waals surface area contributed by atoms with E-state index in [1.807, 2.05) is 12.1 Å². The Hall–Kier alpha value is -2.30. The molecule has 0 unspecified atom stereocenters. The lowest BCUT2D eigenvalue weighted by molar-refractivity contribution is -0.139. The number of pyridine rings is 1. The summed E-state index contributed by atoms with van der Waals surface area (Å²) in [5.74, 6) is -0.444. The lowest BCUT2D eigenvalue weighted by Gasteiger charge is -1.98. The average Bonchev–Trinajstić information content (AvgIpc) is 2.93. The van der Waals surface area contributed by atoms with E-state index in [9.17, 15) is 4.79 Å². The zero-order valence-corrected chi connectivity index (χ0v) is 13.5. The number of imidazole rings is 1. The van der Waals surface area contributed by atoms with Gasteiger partial charge in [0, 0.05) is 23.5 Å². The summed E-state index contributed by atoms with van der Waals surface area (Å²) in [4.78, 5) is 16.1. The van der Waals surface area contributed by atoms with Crippen LogP contribution in [0.2, 0.25) is 10.0 Å². The van der Waals surface area contributed by atoms with Crippen LogP contribution < -0.4 is 0 Å². The van der Waals surface area contributed by atoms with Crippen molar-refractivity contribution >= 4 is 40.9 Å². The molecule has 6 heteroatoms. The molecule has 0 saturated carbocycles. The Morgan fingerprint density at radius 1 is 1.17 bits per heavy atom. The van der Waals surface area contributed by atoms with Crippen LogP contribution in [-0.4, -0.2) is 15.4 Å². The summed E-state index contributed by atoms with van der Waals surface area (Å²) in [6.07, 6.45) is 6.53. The standard InChI is InChI=1S/C17H12Cl2N2O2/c18-13-3-1-2-12(8-13)4-7-17(22)23-11-15-10-21-9-14(19)5-6-16(21)20-15/h1-10H,11H2/b7-4+. The Labute approximate surface area is 142 Å². The topological polar surface area (TPSA) is 43.6 Å². The molecule has 2 heterocycles. The lowest BCUT2D eigenvalue weighted by Crippen LogP contribution is -2.00. The second-order valence-electron chi connectivity index (χ2n) is 4.84. The molecule has 0 spiro atoms. The van der Waals surface area contributed by atoms with Gasteiger partial charge in [0.15, 0.2) is 0 Å². The number of esters is 1. The Balaban J connectivity index is 1.61. The molecule has 0 aliphatic heterocycles. The number of hydrogen-bond donors (Lipinski definition) is 0. The minimum absolute atomic E-state index is 0.0953. The molecule has 1 aromatic carbocycles. The highest BCUT2D eigenvalue weighted by Crippen LogP contribution is 2.13. The fourth-order valence-corrected chi connectivity index (χ4v) is 2.42. The molecule has 2 aromatic heterocycles. The summed E-state index contributed by atoms with van der Waals surface area (Å²) in [5, 5.41) is 1.23. The first kappa shape index (κ1) is 15.6. The number of carbonyl (C=O) groups excluding carboxylic acids is 1. The van der Waals surface area contributed by atoms with E-state index < -0.39 is 5.97 Å². The van der Waals surface area contributed by atoms with Gasteiger partial charge in [0.2, 0.25) is 0 Å². The molecule has 3 aromatic rings. The first-order valence-electron chi connectivity index (χ1n) is 6.84. The van der Waals surface area contributed by atoms with E-state index in [1.54, 1.807) is 47.1 Å². The van der Waals surface area contributed by atoms with Crippen molar-refractivity contribution in [3.05, 3.63) is 76.2 Å². The number of nitrogens with zero attached hydrogens (tertiary/aromatic N) is 2. The highest BCUT2D eigenvalue weighted by molar-refractivity contribution is 6.30. The van der Waals surface area contributed by atoms with Gasteiger partial charge in [-0.25, -0.2) is 9.78 Å². The third-order valence-corrected chi connectivity index (χ3v) is 3.55. The quantitative estimate of drug-likeness (QED) is 0.519. The van der Waals surface area contributed by atoms with Crippen molar-refractivity contribution < 1.29 is 9.53 Å². The van der Waals surface area contributed by atoms with Gasteiger partial charge in [0.05, 0.1) is 10.7 Å². The van der Waals surface area contributed by atoms with Gasteiger partial charge in [-0.05, 0) is 35.9 Å². The molecule has 0 amide bonds. The van der Waals surface area contributed by atoms with Crippen molar-refractivity contribution in [1.82, 2.24) is 9.38 Å². The number of aromatic nitrogens is 2. The predicted octanol–water partition coefficient (Wildman–Crippen LogP) is 4.40. The molecule has 0 atom stereocenters. The van der Waals surface area contributed by atoms with E-state index in [0.29, 0.717) is 15.7 Å². The Kier molecular flexibility index (Phi) is 4.65. The lowest BCUT2D eigenvalue weighted by atomic mass is 10.2. The number of fused-ring (bicyclic) bond motifs is 1. The summed E-state index contributed by atoms with van der Waals surface area (Å²) < 4.78 is 6.96. The van der Waals surface area contributed by atoms with Gasteiger partial charge < -0.3 is 9.14 Å². The molecule has 3 rings (SSSR count). The molecule has 23 heavy (non-hydrogen) atoms. The van der Waals surface area contributed by atoms with Crippen molar-refractivity contribution in [1.29, 1.82) is 0 Å². The molecule has 116 valence electrons. The summed E-state index contributed by atoms with van der Waals surface area (Å²) in [6.45, 7) is 0.0953. The number of hydrogen-bond acceptors (Lipinski definition) is 3. The highest BCUT2D eigenvalue weighted by atomic mass is 35.5. The molecule has 0 fully saturated rings. The maximum atomic E-state index is 11.7. The summed E-state index contributed by atoms with van der Waals surface area (Å²) in [6, 6.07) is 10.8. The zero-order valence-electron chi connectivity index (χ0n) is 11.9. The van der Waals surface area contributed by atoms with Crippen LogP contribution in [0.5, 0.6) is 0 Å². The summed E-state index contributed by atoms with van der Waals surface area (Å²) >= 11 is 11.8. The van der Waals surface area contributed by atoms with Crippen LogP contribution >= 0.6 is 23.2 Å². The molecule has 4 nitrogen and oxygen atoms in total. The van der Waals surface area contributed by atoms with Gasteiger partial charge >= 0.3 is 5.97 Å². The summed E-state index contributed by atoms with van der Waals surface area (Å²) in [7, 11) is 0. The Morgan fingerprint density at radius 3 is 2.87 bits per heavy atom. The number of rotatable bonds is 4. The fraction of sp³-hybridized carbons (Fsp3) is 0.0588. The third kappa shape index (κ3) is 4.12. The van der Waals surface area contributed by atoms with E-state index in [0.717, 1.165) is 11.2 Å². The maximum Gasteiger partial charge on any atom is 0.331 e. The number of carbonyl (C=O) groups is 1. The minimum Gasteiger partial charge on any atom is -0.456 e. The zero-order chi connectivity index (χ0) is 16.2. The largest absolute Gasteiger partial charge is 0.456 e. The van der Waals surface area contributed by atoms with E-state index in [2.05, 4.69) is 4.98 Å². The predicted molar refractivity (Wildman–Crippen MR) is 90.5 cm³/mol. The van der Waals surface area contributed by atoms with Crippen LogP contribution in [0.3, 0.4) is 0 Å².